The van der Waals surface area contributed by atoms with Crippen molar-refractivity contribution in [1.82, 2.24) is 8.54 Å². The number of aromatic nitrogens is 2. The minimum absolute atomic E-state index is 0.0736. The fourth-order valence-corrected chi connectivity index (χ4v) is 3.65. The first-order chi connectivity index (χ1) is 12.4. The van der Waals surface area contributed by atoms with E-state index < -0.39 is 21.6 Å². The monoisotopic (exact) mass is 391 g/mol. The van der Waals surface area contributed by atoms with E-state index in [1.54, 1.807) is 24.3 Å². The Hall–Kier alpha value is -2.84. The van der Waals surface area contributed by atoms with Crippen molar-refractivity contribution in [2.24, 2.45) is 0 Å². The highest BCUT2D eigenvalue weighted by atomic mass is 35.5. The summed E-state index contributed by atoms with van der Waals surface area (Å²) < 4.78 is 26.7. The zero-order valence-corrected chi connectivity index (χ0v) is 14.9. The molecule has 0 saturated heterocycles. The van der Waals surface area contributed by atoms with Gasteiger partial charge in [-0.1, -0.05) is 29.8 Å². The molecule has 0 atom stereocenters. The van der Waals surface area contributed by atoms with E-state index in [1.807, 2.05) is 6.07 Å². The van der Waals surface area contributed by atoms with Gasteiger partial charge in [0.1, 0.15) is 6.54 Å². The lowest BCUT2D eigenvalue weighted by atomic mass is 10.3. The van der Waals surface area contributed by atoms with Crippen molar-refractivity contribution in [1.29, 1.82) is 0 Å². The van der Waals surface area contributed by atoms with Gasteiger partial charge >= 0.3 is 5.69 Å². The standard InChI is InChI=1S/C17H14ClN3O4S/c18-13-6-8-15(9-7-13)26(24,25)21-11-10-20(17(21)23)12-16(22)19-14-4-2-1-3-5-14/h1-11H,12H2,(H,19,22). The van der Waals surface area contributed by atoms with Crippen molar-refractivity contribution >= 4 is 33.2 Å². The topological polar surface area (TPSA) is 90.2 Å². The molecule has 26 heavy (non-hydrogen) atoms. The van der Waals surface area contributed by atoms with Gasteiger partial charge in [0.15, 0.2) is 0 Å². The minimum atomic E-state index is -4.07. The molecule has 0 aliphatic heterocycles. The van der Waals surface area contributed by atoms with Gasteiger partial charge in [0.05, 0.1) is 4.90 Å². The number of amides is 1. The fourth-order valence-electron chi connectivity index (χ4n) is 2.30. The number of nitrogens with zero attached hydrogens (tertiary/aromatic N) is 2. The van der Waals surface area contributed by atoms with E-state index in [-0.39, 0.29) is 11.4 Å². The molecule has 1 heterocycles. The minimum Gasteiger partial charge on any atom is -0.325 e. The summed E-state index contributed by atoms with van der Waals surface area (Å²) in [4.78, 5) is 24.4. The second-order valence-corrected chi connectivity index (χ2v) is 7.63. The van der Waals surface area contributed by atoms with Crippen LogP contribution < -0.4 is 11.0 Å². The summed E-state index contributed by atoms with van der Waals surface area (Å²) in [6.07, 6.45) is 2.36. The summed E-state index contributed by atoms with van der Waals surface area (Å²) in [7, 11) is -4.07. The van der Waals surface area contributed by atoms with E-state index in [1.165, 1.54) is 30.5 Å². The molecule has 0 bridgehead atoms. The summed E-state index contributed by atoms with van der Waals surface area (Å²) >= 11 is 5.76. The summed E-state index contributed by atoms with van der Waals surface area (Å²) in [5.74, 6) is -0.444. The molecule has 0 unspecified atom stereocenters. The number of halogens is 1. The third kappa shape index (κ3) is 3.71. The van der Waals surface area contributed by atoms with Crippen LogP contribution in [0.5, 0.6) is 0 Å². The number of para-hydroxylation sites is 1. The van der Waals surface area contributed by atoms with Crippen LogP contribution in [0.3, 0.4) is 0 Å². The Morgan fingerprint density at radius 2 is 1.65 bits per heavy atom. The van der Waals surface area contributed by atoms with Gasteiger partial charge in [0.25, 0.3) is 10.0 Å². The molecular weight excluding hydrogens is 378 g/mol. The fraction of sp³-hybridized carbons (Fsp3) is 0.0588. The first-order valence-corrected chi connectivity index (χ1v) is 9.33. The molecule has 2 aromatic carbocycles. The molecule has 134 valence electrons. The van der Waals surface area contributed by atoms with Crippen LogP contribution in [0.1, 0.15) is 0 Å². The highest BCUT2D eigenvalue weighted by Crippen LogP contribution is 2.16. The highest BCUT2D eigenvalue weighted by molar-refractivity contribution is 7.90. The van der Waals surface area contributed by atoms with Gasteiger partial charge in [-0.2, -0.15) is 3.97 Å². The van der Waals surface area contributed by atoms with Crippen molar-refractivity contribution in [3.8, 4) is 0 Å². The van der Waals surface area contributed by atoms with E-state index in [4.69, 9.17) is 11.6 Å². The third-order valence-electron chi connectivity index (χ3n) is 3.56. The first-order valence-electron chi connectivity index (χ1n) is 7.52. The molecule has 1 N–H and O–H groups in total. The SMILES string of the molecule is O=C(Cn1ccn(S(=O)(=O)c2ccc(Cl)cc2)c1=O)Nc1ccccc1. The summed E-state index contributed by atoms with van der Waals surface area (Å²) in [6.45, 7) is -0.309. The molecule has 0 spiro atoms. The molecule has 9 heteroatoms. The first kappa shape index (κ1) is 18.0. The molecule has 0 aliphatic rings. The van der Waals surface area contributed by atoms with Crippen LogP contribution in [0.25, 0.3) is 0 Å². The van der Waals surface area contributed by atoms with Gasteiger partial charge < -0.3 is 5.32 Å². The summed E-state index contributed by atoms with van der Waals surface area (Å²) in [6, 6.07) is 14.2. The maximum absolute atomic E-state index is 12.6. The molecule has 0 saturated carbocycles. The lowest BCUT2D eigenvalue weighted by Crippen LogP contribution is -2.32. The number of benzene rings is 2. The number of hydrogen-bond donors (Lipinski definition) is 1. The number of nitrogens with one attached hydrogen (secondary N) is 1. The molecule has 3 rings (SSSR count). The molecular formula is C17H14ClN3O4S. The van der Waals surface area contributed by atoms with E-state index >= 15 is 0 Å². The van der Waals surface area contributed by atoms with Gasteiger partial charge in [-0.3, -0.25) is 9.36 Å². The Bertz CT molecular complexity index is 1090. The Labute approximate surface area is 154 Å². The smallest absolute Gasteiger partial charge is 0.325 e. The van der Waals surface area contributed by atoms with E-state index in [2.05, 4.69) is 5.32 Å². The van der Waals surface area contributed by atoms with E-state index in [0.717, 1.165) is 10.8 Å². The predicted molar refractivity (Wildman–Crippen MR) is 97.8 cm³/mol. The second-order valence-electron chi connectivity index (χ2n) is 5.38. The van der Waals surface area contributed by atoms with Gasteiger partial charge in [-0.25, -0.2) is 13.2 Å². The van der Waals surface area contributed by atoms with E-state index in [0.29, 0.717) is 14.7 Å². The van der Waals surface area contributed by atoms with Crippen LogP contribution in [0.2, 0.25) is 5.02 Å². The maximum Gasteiger partial charge on any atom is 0.342 e. The van der Waals surface area contributed by atoms with Crippen LogP contribution in [0.4, 0.5) is 5.69 Å². The van der Waals surface area contributed by atoms with Crippen molar-refractivity contribution < 1.29 is 13.2 Å². The maximum atomic E-state index is 12.6. The van der Waals surface area contributed by atoms with Crippen LogP contribution in [0.15, 0.2) is 76.7 Å². The summed E-state index contributed by atoms with van der Waals surface area (Å²) in [5, 5.41) is 3.01. The molecule has 1 aromatic heterocycles. The van der Waals surface area contributed by atoms with Gasteiger partial charge in [0.2, 0.25) is 5.91 Å². The van der Waals surface area contributed by atoms with Crippen molar-refractivity contribution in [2.75, 3.05) is 5.32 Å². The van der Waals surface area contributed by atoms with Crippen molar-refractivity contribution in [2.45, 2.75) is 11.4 Å². The van der Waals surface area contributed by atoms with Gasteiger partial charge in [-0.15, -0.1) is 0 Å². The second kappa shape index (κ2) is 7.19. The van der Waals surface area contributed by atoms with Crippen LogP contribution in [-0.2, 0) is 21.4 Å². The molecule has 0 aliphatic carbocycles. The number of hydrogen-bond acceptors (Lipinski definition) is 4. The summed E-state index contributed by atoms with van der Waals surface area (Å²) in [5.41, 5.74) is -0.248. The Balaban J connectivity index is 1.83. The zero-order valence-electron chi connectivity index (χ0n) is 13.4. The number of carbonyl (C=O) groups excluding carboxylic acids is 1. The average Bonchev–Trinajstić information content (AvgIpc) is 2.97. The highest BCUT2D eigenvalue weighted by Gasteiger charge is 2.21. The lowest BCUT2D eigenvalue weighted by molar-refractivity contribution is -0.116. The zero-order chi connectivity index (χ0) is 18.7. The number of anilines is 1. The molecule has 3 aromatic rings. The third-order valence-corrected chi connectivity index (χ3v) is 5.47. The Kier molecular flexibility index (Phi) is 4.97. The normalized spacial score (nSPS) is 11.3. The largest absolute Gasteiger partial charge is 0.342 e. The predicted octanol–water partition coefficient (Wildman–Crippen LogP) is 2.18. The quantitative estimate of drug-likeness (QED) is 0.721. The number of carbonyl (C=O) groups is 1. The number of imidazole rings is 1. The van der Waals surface area contributed by atoms with Crippen molar-refractivity contribution in [3.05, 3.63) is 82.5 Å². The lowest BCUT2D eigenvalue weighted by Gasteiger charge is -2.06. The van der Waals surface area contributed by atoms with Crippen molar-refractivity contribution in [3.63, 3.8) is 0 Å². The number of rotatable bonds is 5. The molecule has 7 nitrogen and oxygen atoms in total. The van der Waals surface area contributed by atoms with Gasteiger partial charge in [0, 0.05) is 23.1 Å². The van der Waals surface area contributed by atoms with Gasteiger partial charge in [-0.05, 0) is 36.4 Å². The van der Waals surface area contributed by atoms with E-state index in [9.17, 15) is 18.0 Å². The Morgan fingerprint density at radius 3 is 2.31 bits per heavy atom. The van der Waals surface area contributed by atoms with Crippen LogP contribution in [-0.4, -0.2) is 22.9 Å². The molecule has 0 radical (unpaired) electrons. The Morgan fingerprint density at radius 1 is 1.00 bits per heavy atom. The molecule has 1 amide bonds. The van der Waals surface area contributed by atoms with Crippen LogP contribution in [0, 0.1) is 0 Å². The van der Waals surface area contributed by atoms with Crippen LogP contribution >= 0.6 is 11.6 Å². The molecule has 0 fully saturated rings. The average molecular weight is 392 g/mol.